The van der Waals surface area contributed by atoms with Gasteiger partial charge in [-0.25, -0.2) is 0 Å². The van der Waals surface area contributed by atoms with Crippen LogP contribution in [-0.2, 0) is 6.54 Å². The Morgan fingerprint density at radius 2 is 2.18 bits per heavy atom. The predicted molar refractivity (Wildman–Crippen MR) is 65.3 cm³/mol. The second-order valence-electron chi connectivity index (χ2n) is 4.14. The van der Waals surface area contributed by atoms with Crippen LogP contribution in [0.1, 0.15) is 24.8 Å². The first-order valence-corrected chi connectivity index (χ1v) is 6.41. The van der Waals surface area contributed by atoms with Gasteiger partial charge in [0.15, 0.2) is 0 Å². The van der Waals surface area contributed by atoms with Gasteiger partial charge < -0.3 is 10.1 Å². The number of benzene rings is 1. The van der Waals surface area contributed by atoms with Crippen molar-refractivity contribution >= 4 is 15.9 Å². The van der Waals surface area contributed by atoms with Crippen molar-refractivity contribution in [3.8, 4) is 5.75 Å². The third kappa shape index (κ3) is 3.64. The molecule has 0 aromatic heterocycles. The minimum Gasteiger partial charge on any atom is -0.434 e. The largest absolute Gasteiger partial charge is 0.434 e. The van der Waals surface area contributed by atoms with Crippen LogP contribution in [0, 0.1) is 0 Å². The van der Waals surface area contributed by atoms with Gasteiger partial charge in [0.05, 0.1) is 0 Å². The Balaban J connectivity index is 2.02. The zero-order valence-corrected chi connectivity index (χ0v) is 10.8. The van der Waals surface area contributed by atoms with E-state index < -0.39 is 6.61 Å². The number of rotatable bonds is 5. The first-order valence-electron chi connectivity index (χ1n) is 5.62. The van der Waals surface area contributed by atoms with Gasteiger partial charge in [0.25, 0.3) is 0 Å². The van der Waals surface area contributed by atoms with Crippen LogP contribution in [-0.4, -0.2) is 12.7 Å². The Kier molecular flexibility index (Phi) is 4.34. The smallest absolute Gasteiger partial charge is 0.387 e. The monoisotopic (exact) mass is 305 g/mol. The molecular formula is C12H14BrF2NO. The highest BCUT2D eigenvalue weighted by Gasteiger charge is 2.17. The molecule has 94 valence electrons. The lowest BCUT2D eigenvalue weighted by Crippen LogP contribution is -2.34. The molecule has 0 atom stereocenters. The van der Waals surface area contributed by atoms with E-state index in [1.165, 1.54) is 19.3 Å². The number of halogens is 3. The maximum absolute atomic E-state index is 12.2. The number of hydrogen-bond acceptors (Lipinski definition) is 2. The molecule has 1 N–H and O–H groups in total. The van der Waals surface area contributed by atoms with Crippen LogP contribution in [0.5, 0.6) is 5.75 Å². The van der Waals surface area contributed by atoms with Gasteiger partial charge in [-0.05, 0) is 31.0 Å². The summed E-state index contributed by atoms with van der Waals surface area (Å²) in [6.07, 6.45) is 3.58. The molecule has 17 heavy (non-hydrogen) atoms. The van der Waals surface area contributed by atoms with E-state index in [9.17, 15) is 8.78 Å². The fourth-order valence-electron chi connectivity index (χ4n) is 1.76. The molecule has 1 fully saturated rings. The van der Waals surface area contributed by atoms with E-state index in [-0.39, 0.29) is 5.75 Å². The molecule has 0 amide bonds. The highest BCUT2D eigenvalue weighted by molar-refractivity contribution is 9.10. The third-order valence-corrected chi connectivity index (χ3v) is 3.42. The second kappa shape index (κ2) is 5.78. The van der Waals surface area contributed by atoms with E-state index in [0.717, 1.165) is 10.0 Å². The number of hydrogen-bond donors (Lipinski definition) is 1. The fourth-order valence-corrected chi connectivity index (χ4v) is 2.17. The highest BCUT2D eigenvalue weighted by atomic mass is 79.9. The van der Waals surface area contributed by atoms with E-state index in [1.54, 1.807) is 12.1 Å². The third-order valence-electron chi connectivity index (χ3n) is 2.92. The van der Waals surface area contributed by atoms with Gasteiger partial charge >= 0.3 is 6.61 Å². The maximum atomic E-state index is 12.2. The minimum atomic E-state index is -2.78. The molecule has 5 heteroatoms. The molecule has 1 aliphatic carbocycles. The van der Waals surface area contributed by atoms with Crippen LogP contribution in [0.3, 0.4) is 0 Å². The summed E-state index contributed by atoms with van der Waals surface area (Å²) >= 11 is 3.33. The van der Waals surface area contributed by atoms with Crippen LogP contribution in [0.4, 0.5) is 8.78 Å². The van der Waals surface area contributed by atoms with Gasteiger partial charge in [0.2, 0.25) is 0 Å². The van der Waals surface area contributed by atoms with E-state index in [1.807, 2.05) is 6.07 Å². The van der Waals surface area contributed by atoms with Gasteiger partial charge in [0, 0.05) is 22.6 Å². The van der Waals surface area contributed by atoms with Crippen molar-refractivity contribution in [2.75, 3.05) is 0 Å². The van der Waals surface area contributed by atoms with Crippen molar-refractivity contribution in [3.63, 3.8) is 0 Å². The average Bonchev–Trinajstić information content (AvgIpc) is 2.19. The Bertz CT molecular complexity index is 383. The Labute approximate surface area is 107 Å². The second-order valence-corrected chi connectivity index (χ2v) is 5.05. The van der Waals surface area contributed by atoms with Gasteiger partial charge in [-0.1, -0.05) is 22.4 Å². The molecular weight excluding hydrogens is 292 g/mol. The number of alkyl halides is 2. The fraction of sp³-hybridized carbons (Fsp3) is 0.500. The molecule has 0 spiro atoms. The van der Waals surface area contributed by atoms with E-state index in [4.69, 9.17) is 0 Å². The first-order chi connectivity index (χ1) is 8.15. The summed E-state index contributed by atoms with van der Waals surface area (Å²) in [7, 11) is 0. The molecule has 1 aliphatic rings. The molecule has 0 unspecified atom stereocenters. The SMILES string of the molecule is FC(F)Oc1ccc(Br)cc1CNC1CCC1. The Morgan fingerprint density at radius 3 is 2.76 bits per heavy atom. The summed E-state index contributed by atoms with van der Waals surface area (Å²) in [6, 6.07) is 5.59. The Morgan fingerprint density at radius 1 is 1.41 bits per heavy atom. The molecule has 0 radical (unpaired) electrons. The van der Waals surface area contributed by atoms with Crippen LogP contribution in [0.15, 0.2) is 22.7 Å². The van der Waals surface area contributed by atoms with Crippen LogP contribution < -0.4 is 10.1 Å². The molecule has 0 aliphatic heterocycles. The molecule has 0 bridgehead atoms. The summed E-state index contributed by atoms with van der Waals surface area (Å²) in [4.78, 5) is 0. The van der Waals surface area contributed by atoms with E-state index >= 15 is 0 Å². The van der Waals surface area contributed by atoms with Crippen molar-refractivity contribution in [1.82, 2.24) is 5.32 Å². The molecule has 0 saturated heterocycles. The van der Waals surface area contributed by atoms with Crippen molar-refractivity contribution in [2.45, 2.75) is 38.5 Å². The normalized spacial score (nSPS) is 16.0. The van der Waals surface area contributed by atoms with Crippen LogP contribution in [0.2, 0.25) is 0 Å². The Hall–Kier alpha value is -0.680. The van der Waals surface area contributed by atoms with E-state index in [0.29, 0.717) is 12.6 Å². The quantitative estimate of drug-likeness (QED) is 0.896. The van der Waals surface area contributed by atoms with Crippen molar-refractivity contribution in [1.29, 1.82) is 0 Å². The van der Waals surface area contributed by atoms with Crippen molar-refractivity contribution in [2.24, 2.45) is 0 Å². The molecule has 0 heterocycles. The standard InChI is InChI=1S/C12H14BrF2NO/c13-9-4-5-11(17-12(14)15)8(6-9)7-16-10-2-1-3-10/h4-6,10,12,16H,1-3,7H2. The number of nitrogens with one attached hydrogen (secondary N) is 1. The molecule has 2 nitrogen and oxygen atoms in total. The highest BCUT2D eigenvalue weighted by Crippen LogP contribution is 2.26. The zero-order valence-electron chi connectivity index (χ0n) is 9.26. The molecule has 1 saturated carbocycles. The summed E-state index contributed by atoms with van der Waals surface area (Å²) in [5.74, 6) is 0.245. The van der Waals surface area contributed by atoms with Crippen molar-refractivity contribution in [3.05, 3.63) is 28.2 Å². The average molecular weight is 306 g/mol. The lowest BCUT2D eigenvalue weighted by Gasteiger charge is -2.27. The van der Waals surface area contributed by atoms with Gasteiger partial charge in [-0.2, -0.15) is 8.78 Å². The van der Waals surface area contributed by atoms with E-state index in [2.05, 4.69) is 26.0 Å². The molecule has 2 rings (SSSR count). The van der Waals surface area contributed by atoms with Crippen LogP contribution >= 0.6 is 15.9 Å². The lowest BCUT2D eigenvalue weighted by atomic mass is 9.93. The topological polar surface area (TPSA) is 21.3 Å². The summed E-state index contributed by atoms with van der Waals surface area (Å²) in [6.45, 7) is -2.22. The summed E-state index contributed by atoms with van der Waals surface area (Å²) in [5.41, 5.74) is 0.756. The predicted octanol–water partition coefficient (Wildman–Crippen LogP) is 3.69. The number of ether oxygens (including phenoxy) is 1. The van der Waals surface area contributed by atoms with Gasteiger partial charge in [-0.3, -0.25) is 0 Å². The maximum Gasteiger partial charge on any atom is 0.387 e. The van der Waals surface area contributed by atoms with Gasteiger partial charge in [0.1, 0.15) is 5.75 Å². The lowest BCUT2D eigenvalue weighted by molar-refractivity contribution is -0.0505. The zero-order chi connectivity index (χ0) is 12.3. The minimum absolute atomic E-state index is 0.245. The van der Waals surface area contributed by atoms with Crippen molar-refractivity contribution < 1.29 is 13.5 Å². The van der Waals surface area contributed by atoms with Crippen LogP contribution in [0.25, 0.3) is 0 Å². The molecule has 1 aromatic rings. The summed E-state index contributed by atoms with van der Waals surface area (Å²) in [5, 5.41) is 3.33. The first kappa shape index (κ1) is 12.8. The summed E-state index contributed by atoms with van der Waals surface area (Å²) < 4.78 is 29.8. The van der Waals surface area contributed by atoms with Gasteiger partial charge in [-0.15, -0.1) is 0 Å². The molecule has 1 aromatic carbocycles.